The molecule has 0 radical (unpaired) electrons. The molecule has 2 saturated heterocycles. The first-order chi connectivity index (χ1) is 9.44. The minimum Gasteiger partial charge on any atom is -0.339 e. The first-order valence-electron chi connectivity index (χ1n) is 6.96. The average molecular weight is 296 g/mol. The van der Waals surface area contributed by atoms with Crippen LogP contribution in [0.15, 0.2) is 12.4 Å². The van der Waals surface area contributed by atoms with Crippen LogP contribution in [0.3, 0.4) is 0 Å². The monoisotopic (exact) mass is 296 g/mol. The summed E-state index contributed by atoms with van der Waals surface area (Å²) in [6.45, 7) is 6.67. The summed E-state index contributed by atoms with van der Waals surface area (Å²) in [7, 11) is -3.05. The van der Waals surface area contributed by atoms with Crippen molar-refractivity contribution in [2.45, 2.75) is 20.3 Å². The lowest BCUT2D eigenvalue weighted by molar-refractivity contribution is 0.227. The molecule has 0 amide bonds. The number of aryl methyl sites for hydroxylation is 1. The summed E-state index contributed by atoms with van der Waals surface area (Å²) in [4.78, 5) is 10.8. The van der Waals surface area contributed by atoms with Gasteiger partial charge in [-0.15, -0.1) is 0 Å². The third-order valence-corrected chi connectivity index (χ3v) is 6.09. The van der Waals surface area contributed by atoms with Gasteiger partial charge in [-0.1, -0.05) is 0 Å². The summed E-state index contributed by atoms with van der Waals surface area (Å²) < 4.78 is 25.5. The van der Waals surface area contributed by atoms with Crippen LogP contribution in [0.5, 0.6) is 0 Å². The number of hydrogen-bond acceptors (Lipinski definition) is 5. The fourth-order valence-corrected chi connectivity index (χ4v) is 4.23. The van der Waals surface area contributed by atoms with Crippen molar-refractivity contribution in [1.82, 2.24) is 14.3 Å². The van der Waals surface area contributed by atoms with Crippen LogP contribution >= 0.6 is 0 Å². The van der Waals surface area contributed by atoms with Crippen LogP contribution in [-0.4, -0.2) is 54.6 Å². The first-order valence-corrected chi connectivity index (χ1v) is 8.56. The second-order valence-electron chi connectivity index (χ2n) is 5.90. The second kappa shape index (κ2) is 4.66. The zero-order chi connectivity index (χ0) is 14.4. The predicted molar refractivity (Wildman–Crippen MR) is 77.1 cm³/mol. The lowest BCUT2D eigenvalue weighted by atomic mass is 9.79. The second-order valence-corrected chi connectivity index (χ2v) is 8.16. The largest absolute Gasteiger partial charge is 0.339 e. The van der Waals surface area contributed by atoms with E-state index in [1.54, 1.807) is 11.2 Å². The van der Waals surface area contributed by atoms with Crippen LogP contribution in [0.1, 0.15) is 18.9 Å². The van der Waals surface area contributed by atoms with Gasteiger partial charge in [0.2, 0.25) is 16.0 Å². The average Bonchev–Trinajstić information content (AvgIpc) is 2.84. The summed E-state index contributed by atoms with van der Waals surface area (Å²) in [5.41, 5.74) is 1.15. The summed E-state index contributed by atoms with van der Waals surface area (Å²) in [5.74, 6) is 0.937. The Hall–Kier alpha value is -1.21. The lowest BCUT2D eigenvalue weighted by Crippen LogP contribution is -2.58. The Kier molecular flexibility index (Phi) is 3.21. The van der Waals surface area contributed by atoms with Gasteiger partial charge >= 0.3 is 0 Å². The van der Waals surface area contributed by atoms with Crippen LogP contribution in [0.2, 0.25) is 0 Å². The Labute approximate surface area is 119 Å². The number of aromatic nitrogens is 2. The van der Waals surface area contributed by atoms with E-state index in [9.17, 15) is 8.42 Å². The van der Waals surface area contributed by atoms with Crippen molar-refractivity contribution in [3.63, 3.8) is 0 Å². The SMILES string of the molecule is CCS(=O)(=O)N1CCC2(CN(c3ncc(C)cn3)C2)C1. The molecule has 0 aromatic carbocycles. The number of sulfonamides is 1. The lowest BCUT2D eigenvalue weighted by Gasteiger charge is -2.47. The molecule has 110 valence electrons. The molecule has 20 heavy (non-hydrogen) atoms. The molecular weight excluding hydrogens is 276 g/mol. The van der Waals surface area contributed by atoms with E-state index in [0.717, 1.165) is 31.0 Å². The van der Waals surface area contributed by atoms with Gasteiger partial charge < -0.3 is 4.90 Å². The molecule has 0 N–H and O–H groups in total. The maximum atomic E-state index is 11.9. The summed E-state index contributed by atoms with van der Waals surface area (Å²) in [6.07, 6.45) is 4.57. The molecule has 0 aliphatic carbocycles. The first kappa shape index (κ1) is 13.8. The Balaban J connectivity index is 1.64. The highest BCUT2D eigenvalue weighted by Crippen LogP contribution is 2.41. The molecule has 3 rings (SSSR count). The van der Waals surface area contributed by atoms with E-state index in [2.05, 4.69) is 14.9 Å². The van der Waals surface area contributed by atoms with Gasteiger partial charge in [0.25, 0.3) is 0 Å². The number of rotatable bonds is 3. The molecule has 2 aliphatic heterocycles. The summed E-state index contributed by atoms with van der Waals surface area (Å²) in [5, 5.41) is 0. The zero-order valence-corrected chi connectivity index (χ0v) is 12.7. The van der Waals surface area contributed by atoms with Crippen LogP contribution in [0, 0.1) is 12.3 Å². The molecule has 1 aromatic rings. The van der Waals surface area contributed by atoms with Gasteiger partial charge in [0, 0.05) is 44.0 Å². The number of nitrogens with zero attached hydrogens (tertiary/aromatic N) is 4. The Bertz CT molecular complexity index is 593. The van der Waals surface area contributed by atoms with E-state index in [-0.39, 0.29) is 11.2 Å². The van der Waals surface area contributed by atoms with Gasteiger partial charge in [-0.05, 0) is 25.8 Å². The van der Waals surface area contributed by atoms with E-state index in [1.165, 1.54) is 0 Å². The van der Waals surface area contributed by atoms with E-state index in [0.29, 0.717) is 13.1 Å². The number of anilines is 1. The molecule has 0 atom stereocenters. The van der Waals surface area contributed by atoms with Crippen LogP contribution in [0.4, 0.5) is 5.95 Å². The van der Waals surface area contributed by atoms with E-state index < -0.39 is 10.0 Å². The standard InChI is InChI=1S/C13H20N4O2S/c1-3-20(18,19)17-5-4-13(10-17)8-16(9-13)12-14-6-11(2)7-15-12/h6-7H,3-5,8-10H2,1-2H3. The van der Waals surface area contributed by atoms with Gasteiger partial charge in [-0.2, -0.15) is 0 Å². The maximum Gasteiger partial charge on any atom is 0.225 e. The van der Waals surface area contributed by atoms with Crippen molar-refractivity contribution in [1.29, 1.82) is 0 Å². The van der Waals surface area contributed by atoms with Crippen molar-refractivity contribution >= 4 is 16.0 Å². The Morgan fingerprint density at radius 1 is 1.25 bits per heavy atom. The quantitative estimate of drug-likeness (QED) is 0.819. The molecule has 2 aliphatic rings. The topological polar surface area (TPSA) is 66.4 Å². The van der Waals surface area contributed by atoms with Crippen LogP contribution in [-0.2, 0) is 10.0 Å². The normalized spacial score (nSPS) is 22.2. The van der Waals surface area contributed by atoms with Crippen molar-refractivity contribution in [2.24, 2.45) is 5.41 Å². The van der Waals surface area contributed by atoms with Gasteiger partial charge in [-0.3, -0.25) is 0 Å². The maximum absolute atomic E-state index is 11.9. The minimum atomic E-state index is -3.05. The van der Waals surface area contributed by atoms with Gasteiger partial charge in [-0.25, -0.2) is 22.7 Å². The Morgan fingerprint density at radius 2 is 1.90 bits per heavy atom. The molecular formula is C13H20N4O2S. The Morgan fingerprint density at radius 3 is 2.50 bits per heavy atom. The predicted octanol–water partition coefficient (Wildman–Crippen LogP) is 0.647. The van der Waals surface area contributed by atoms with E-state index in [1.807, 2.05) is 19.3 Å². The molecule has 2 fully saturated rings. The number of hydrogen-bond donors (Lipinski definition) is 0. The molecule has 0 unspecified atom stereocenters. The molecule has 7 heteroatoms. The summed E-state index contributed by atoms with van der Waals surface area (Å²) >= 11 is 0. The van der Waals surface area contributed by atoms with E-state index in [4.69, 9.17) is 0 Å². The zero-order valence-electron chi connectivity index (χ0n) is 11.9. The molecule has 3 heterocycles. The van der Waals surface area contributed by atoms with Gasteiger partial charge in [0.1, 0.15) is 0 Å². The molecule has 1 spiro atoms. The minimum absolute atomic E-state index is 0.108. The smallest absolute Gasteiger partial charge is 0.225 e. The highest BCUT2D eigenvalue weighted by atomic mass is 32.2. The third kappa shape index (κ3) is 2.29. The molecule has 1 aromatic heterocycles. The fraction of sp³-hybridized carbons (Fsp3) is 0.692. The molecule has 6 nitrogen and oxygen atoms in total. The molecule has 0 bridgehead atoms. The molecule has 0 saturated carbocycles. The fourth-order valence-electron chi connectivity index (χ4n) is 3.03. The van der Waals surface area contributed by atoms with Crippen LogP contribution < -0.4 is 4.90 Å². The van der Waals surface area contributed by atoms with Crippen molar-refractivity contribution in [3.8, 4) is 0 Å². The highest BCUT2D eigenvalue weighted by molar-refractivity contribution is 7.89. The van der Waals surface area contributed by atoms with E-state index >= 15 is 0 Å². The van der Waals surface area contributed by atoms with Gasteiger partial charge in [0.05, 0.1) is 5.75 Å². The van der Waals surface area contributed by atoms with Crippen molar-refractivity contribution < 1.29 is 8.42 Å². The van der Waals surface area contributed by atoms with Crippen molar-refractivity contribution in [3.05, 3.63) is 18.0 Å². The van der Waals surface area contributed by atoms with Crippen LogP contribution in [0.25, 0.3) is 0 Å². The third-order valence-electron chi connectivity index (χ3n) is 4.26. The highest BCUT2D eigenvalue weighted by Gasteiger charge is 2.50. The van der Waals surface area contributed by atoms with Gasteiger partial charge in [0.15, 0.2) is 0 Å². The summed E-state index contributed by atoms with van der Waals surface area (Å²) in [6, 6.07) is 0. The van der Waals surface area contributed by atoms with Crippen molar-refractivity contribution in [2.75, 3.05) is 36.8 Å².